The van der Waals surface area contributed by atoms with Gasteiger partial charge in [0.15, 0.2) is 0 Å². The van der Waals surface area contributed by atoms with E-state index >= 15 is 0 Å². The number of ether oxygens (including phenoxy) is 2. The van der Waals surface area contributed by atoms with Gasteiger partial charge in [-0.25, -0.2) is 0 Å². The summed E-state index contributed by atoms with van der Waals surface area (Å²) in [5, 5.41) is 10.9. The average molecular weight is 329 g/mol. The van der Waals surface area contributed by atoms with Crippen molar-refractivity contribution in [2.45, 2.75) is 33.8 Å². The lowest BCUT2D eigenvalue weighted by Crippen LogP contribution is -2.27. The predicted molar refractivity (Wildman–Crippen MR) is 92.8 cm³/mol. The molecule has 0 unspecified atom stereocenters. The SMILES string of the molecule is CCC(=O)N(O)c1c(COc2ccc(C)cc2C)cccc1OC. The first kappa shape index (κ1) is 17.8. The van der Waals surface area contributed by atoms with Gasteiger partial charge in [-0.15, -0.1) is 0 Å². The lowest BCUT2D eigenvalue weighted by Gasteiger charge is -2.21. The van der Waals surface area contributed by atoms with E-state index in [2.05, 4.69) is 0 Å². The fourth-order valence-corrected chi connectivity index (χ4v) is 2.48. The Bertz CT molecular complexity index is 727. The predicted octanol–water partition coefficient (Wildman–Crippen LogP) is 4.02. The molecule has 0 fully saturated rings. The quantitative estimate of drug-likeness (QED) is 0.642. The van der Waals surface area contributed by atoms with Crippen LogP contribution in [0.3, 0.4) is 0 Å². The highest BCUT2D eigenvalue weighted by Crippen LogP contribution is 2.33. The Morgan fingerprint density at radius 1 is 1.17 bits per heavy atom. The zero-order valence-corrected chi connectivity index (χ0v) is 14.5. The molecule has 5 heteroatoms. The topological polar surface area (TPSA) is 59.0 Å². The van der Waals surface area contributed by atoms with Gasteiger partial charge in [0.2, 0.25) is 0 Å². The van der Waals surface area contributed by atoms with Gasteiger partial charge in [0.1, 0.15) is 23.8 Å². The molecule has 24 heavy (non-hydrogen) atoms. The summed E-state index contributed by atoms with van der Waals surface area (Å²) < 4.78 is 11.2. The fraction of sp³-hybridized carbons (Fsp3) is 0.316. The first-order valence-corrected chi connectivity index (χ1v) is 7.85. The number of hydrogen-bond donors (Lipinski definition) is 1. The number of nitrogens with zero attached hydrogens (tertiary/aromatic N) is 1. The van der Waals surface area contributed by atoms with Gasteiger partial charge in [0.05, 0.1) is 7.11 Å². The molecule has 0 radical (unpaired) electrons. The maximum Gasteiger partial charge on any atom is 0.250 e. The van der Waals surface area contributed by atoms with E-state index in [1.807, 2.05) is 32.0 Å². The Labute approximate surface area is 142 Å². The maximum absolute atomic E-state index is 11.9. The summed E-state index contributed by atoms with van der Waals surface area (Å²) in [7, 11) is 1.50. The van der Waals surface area contributed by atoms with Gasteiger partial charge in [-0.05, 0) is 31.5 Å². The molecule has 0 bridgehead atoms. The van der Waals surface area contributed by atoms with Crippen LogP contribution in [0.25, 0.3) is 0 Å². The Balaban J connectivity index is 2.31. The van der Waals surface area contributed by atoms with Crippen LogP contribution in [-0.4, -0.2) is 18.2 Å². The minimum Gasteiger partial charge on any atom is -0.494 e. The molecule has 0 spiro atoms. The zero-order valence-electron chi connectivity index (χ0n) is 14.5. The van der Waals surface area contributed by atoms with Gasteiger partial charge in [-0.1, -0.05) is 36.8 Å². The van der Waals surface area contributed by atoms with Crippen LogP contribution in [0.5, 0.6) is 11.5 Å². The van der Waals surface area contributed by atoms with E-state index < -0.39 is 5.91 Å². The Morgan fingerprint density at radius 3 is 2.54 bits per heavy atom. The molecular weight excluding hydrogens is 306 g/mol. The van der Waals surface area contributed by atoms with Crippen LogP contribution in [0.15, 0.2) is 36.4 Å². The summed E-state index contributed by atoms with van der Waals surface area (Å²) in [5.41, 5.74) is 3.18. The number of carbonyl (C=O) groups excluding carboxylic acids is 1. The smallest absolute Gasteiger partial charge is 0.250 e. The molecule has 1 N–H and O–H groups in total. The van der Waals surface area contributed by atoms with E-state index in [9.17, 15) is 10.0 Å². The number of hydroxylamine groups is 1. The molecule has 0 saturated carbocycles. The summed E-state index contributed by atoms with van der Waals surface area (Å²) >= 11 is 0. The highest BCUT2D eigenvalue weighted by Gasteiger charge is 2.20. The molecule has 0 aromatic heterocycles. The highest BCUT2D eigenvalue weighted by atomic mass is 16.5. The number of hydrogen-bond acceptors (Lipinski definition) is 4. The van der Waals surface area contributed by atoms with Gasteiger partial charge in [-0.2, -0.15) is 5.06 Å². The van der Waals surface area contributed by atoms with Gasteiger partial charge in [0, 0.05) is 12.0 Å². The summed E-state index contributed by atoms with van der Waals surface area (Å²) in [6.07, 6.45) is 0.186. The molecule has 0 aliphatic carbocycles. The number of rotatable bonds is 6. The molecule has 128 valence electrons. The lowest BCUT2D eigenvalue weighted by atomic mass is 10.1. The van der Waals surface area contributed by atoms with Gasteiger partial charge >= 0.3 is 0 Å². The molecule has 0 aliphatic rings. The number of anilines is 1. The molecule has 2 aromatic rings. The van der Waals surface area contributed by atoms with Crippen molar-refractivity contribution in [3.63, 3.8) is 0 Å². The standard InChI is InChI=1S/C19H23NO4/c1-5-18(21)20(22)19-15(7-6-8-17(19)23-4)12-24-16-10-9-13(2)11-14(16)3/h6-11,22H,5,12H2,1-4H3. The number of para-hydroxylation sites is 1. The summed E-state index contributed by atoms with van der Waals surface area (Å²) in [6, 6.07) is 11.2. The first-order chi connectivity index (χ1) is 11.5. The maximum atomic E-state index is 11.9. The molecule has 5 nitrogen and oxygen atoms in total. The lowest BCUT2D eigenvalue weighted by molar-refractivity contribution is -0.123. The van der Waals surface area contributed by atoms with Crippen LogP contribution >= 0.6 is 0 Å². The van der Waals surface area contributed by atoms with Crippen molar-refractivity contribution in [2.75, 3.05) is 12.2 Å². The largest absolute Gasteiger partial charge is 0.494 e. The van der Waals surface area contributed by atoms with Crippen molar-refractivity contribution in [3.8, 4) is 11.5 Å². The van der Waals surface area contributed by atoms with Crippen molar-refractivity contribution in [2.24, 2.45) is 0 Å². The number of carbonyl (C=O) groups is 1. The van der Waals surface area contributed by atoms with Crippen LogP contribution in [-0.2, 0) is 11.4 Å². The number of benzene rings is 2. The highest BCUT2D eigenvalue weighted by molar-refractivity contribution is 5.93. The minimum atomic E-state index is -0.410. The molecule has 0 aliphatic heterocycles. The molecule has 1 amide bonds. The second-order valence-electron chi connectivity index (χ2n) is 5.58. The van der Waals surface area contributed by atoms with E-state index in [0.717, 1.165) is 16.9 Å². The van der Waals surface area contributed by atoms with Crippen LogP contribution in [0.2, 0.25) is 0 Å². The molecule has 2 aromatic carbocycles. The Morgan fingerprint density at radius 2 is 1.92 bits per heavy atom. The Kier molecular flexibility index (Phi) is 5.82. The van der Waals surface area contributed by atoms with Crippen LogP contribution < -0.4 is 14.5 Å². The van der Waals surface area contributed by atoms with Crippen LogP contribution in [0.4, 0.5) is 5.69 Å². The van der Waals surface area contributed by atoms with Gasteiger partial charge in [-0.3, -0.25) is 10.0 Å². The average Bonchev–Trinajstić information content (AvgIpc) is 2.59. The third kappa shape index (κ3) is 3.86. The Hall–Kier alpha value is -2.53. The van der Waals surface area contributed by atoms with Crippen molar-refractivity contribution >= 4 is 11.6 Å². The van der Waals surface area contributed by atoms with Crippen LogP contribution in [0.1, 0.15) is 30.0 Å². The summed E-state index contributed by atoms with van der Waals surface area (Å²) in [5.74, 6) is 0.772. The second-order valence-corrected chi connectivity index (χ2v) is 5.58. The van der Waals surface area contributed by atoms with E-state index in [-0.39, 0.29) is 13.0 Å². The van der Waals surface area contributed by atoms with Gasteiger partial charge < -0.3 is 9.47 Å². The number of methoxy groups -OCH3 is 1. The van der Waals surface area contributed by atoms with Gasteiger partial charge in [0.25, 0.3) is 5.91 Å². The third-order valence-electron chi connectivity index (χ3n) is 3.77. The van der Waals surface area contributed by atoms with E-state index in [1.165, 1.54) is 7.11 Å². The molecule has 0 heterocycles. The monoisotopic (exact) mass is 329 g/mol. The van der Waals surface area contributed by atoms with E-state index in [1.54, 1.807) is 25.1 Å². The van der Waals surface area contributed by atoms with Crippen molar-refractivity contribution in [1.82, 2.24) is 0 Å². The summed E-state index contributed by atoms with van der Waals surface area (Å²) in [4.78, 5) is 11.9. The fourth-order valence-electron chi connectivity index (χ4n) is 2.48. The molecule has 0 atom stereocenters. The molecule has 2 rings (SSSR count). The number of aryl methyl sites for hydroxylation is 2. The van der Waals surface area contributed by atoms with Crippen LogP contribution in [0, 0.1) is 13.8 Å². The summed E-state index contributed by atoms with van der Waals surface area (Å²) in [6.45, 7) is 5.90. The molecule has 0 saturated heterocycles. The van der Waals surface area contributed by atoms with E-state index in [4.69, 9.17) is 9.47 Å². The third-order valence-corrected chi connectivity index (χ3v) is 3.77. The minimum absolute atomic E-state index is 0.186. The first-order valence-electron chi connectivity index (χ1n) is 7.85. The van der Waals surface area contributed by atoms with Crippen molar-refractivity contribution in [3.05, 3.63) is 53.1 Å². The van der Waals surface area contributed by atoms with Crippen molar-refractivity contribution in [1.29, 1.82) is 0 Å². The second kappa shape index (κ2) is 7.84. The normalized spacial score (nSPS) is 10.4. The van der Waals surface area contributed by atoms with E-state index in [0.29, 0.717) is 22.1 Å². The molecular formula is C19H23NO4. The zero-order chi connectivity index (χ0) is 17.7. The van der Waals surface area contributed by atoms with Crippen molar-refractivity contribution < 1.29 is 19.5 Å². The number of amides is 1.